The molecule has 1 amide bonds. The summed E-state index contributed by atoms with van der Waals surface area (Å²) in [6, 6.07) is 2.01. The van der Waals surface area contributed by atoms with Gasteiger partial charge in [0.15, 0.2) is 0 Å². The van der Waals surface area contributed by atoms with Gasteiger partial charge in [0.05, 0.1) is 0 Å². The molecule has 5 nitrogen and oxygen atoms in total. The topological polar surface area (TPSA) is 52.2 Å². The molecule has 4 aliphatic rings. The average molecular weight is 328 g/mol. The van der Waals surface area contributed by atoms with Crippen molar-refractivity contribution in [3.8, 4) is 0 Å². The van der Waals surface area contributed by atoms with Crippen molar-refractivity contribution in [3.05, 3.63) is 17.5 Å². The van der Waals surface area contributed by atoms with Crippen LogP contribution in [0.4, 0.5) is 0 Å². The van der Waals surface area contributed by atoms with Gasteiger partial charge in [0.1, 0.15) is 5.69 Å². The molecule has 2 saturated carbocycles. The second-order valence-corrected chi connectivity index (χ2v) is 9.33. The van der Waals surface area contributed by atoms with Crippen molar-refractivity contribution in [1.29, 1.82) is 0 Å². The summed E-state index contributed by atoms with van der Waals surface area (Å²) in [5.41, 5.74) is 2.66. The van der Waals surface area contributed by atoms with Crippen molar-refractivity contribution in [2.75, 3.05) is 33.2 Å². The maximum absolute atomic E-state index is 13.1. The third kappa shape index (κ3) is 1.91. The molecular weight excluding hydrogens is 300 g/mol. The molecule has 0 aromatic carbocycles. The highest BCUT2D eigenvalue weighted by Crippen LogP contribution is 2.59. The van der Waals surface area contributed by atoms with Crippen molar-refractivity contribution in [1.82, 2.24) is 20.0 Å². The molecule has 2 saturated heterocycles. The quantitative estimate of drug-likeness (QED) is 0.907. The summed E-state index contributed by atoms with van der Waals surface area (Å²) in [7, 11) is 2.25. The van der Waals surface area contributed by atoms with E-state index in [-0.39, 0.29) is 11.3 Å². The van der Waals surface area contributed by atoms with Crippen LogP contribution in [0.25, 0.3) is 0 Å². The predicted molar refractivity (Wildman–Crippen MR) is 91.9 cm³/mol. The van der Waals surface area contributed by atoms with E-state index in [9.17, 15) is 4.79 Å². The number of nitrogens with one attached hydrogen (secondary N) is 1. The van der Waals surface area contributed by atoms with Crippen LogP contribution in [-0.2, 0) is 5.41 Å². The van der Waals surface area contributed by atoms with Gasteiger partial charge in [-0.05, 0) is 38.8 Å². The van der Waals surface area contributed by atoms with Crippen LogP contribution in [0.2, 0.25) is 0 Å². The summed E-state index contributed by atoms with van der Waals surface area (Å²) < 4.78 is 0. The van der Waals surface area contributed by atoms with Gasteiger partial charge in [-0.2, -0.15) is 5.10 Å². The van der Waals surface area contributed by atoms with Crippen LogP contribution >= 0.6 is 0 Å². The number of carbonyl (C=O) groups is 1. The van der Waals surface area contributed by atoms with Gasteiger partial charge < -0.3 is 9.80 Å². The van der Waals surface area contributed by atoms with E-state index in [1.807, 2.05) is 6.07 Å². The van der Waals surface area contributed by atoms with Gasteiger partial charge in [0.2, 0.25) is 0 Å². The van der Waals surface area contributed by atoms with E-state index in [1.54, 1.807) is 0 Å². The molecule has 1 aromatic rings. The molecule has 1 N–H and O–H groups in total. The molecule has 24 heavy (non-hydrogen) atoms. The Labute approximate surface area is 143 Å². The lowest BCUT2D eigenvalue weighted by Crippen LogP contribution is -2.42. The summed E-state index contributed by atoms with van der Waals surface area (Å²) in [6.45, 7) is 6.41. The van der Waals surface area contributed by atoms with E-state index in [4.69, 9.17) is 0 Å². The number of likely N-dealkylation sites (tertiary alicyclic amines) is 2. The Balaban J connectivity index is 1.41. The number of rotatable bonds is 2. The molecule has 2 atom stereocenters. The molecule has 4 fully saturated rings. The molecule has 2 unspecified atom stereocenters. The lowest BCUT2D eigenvalue weighted by atomic mass is 9.60. The van der Waals surface area contributed by atoms with E-state index in [2.05, 4.69) is 34.0 Å². The maximum atomic E-state index is 13.1. The second-order valence-electron chi connectivity index (χ2n) is 9.33. The van der Waals surface area contributed by atoms with E-state index in [0.717, 1.165) is 31.9 Å². The van der Waals surface area contributed by atoms with E-state index in [0.29, 0.717) is 16.5 Å². The van der Waals surface area contributed by atoms with Crippen LogP contribution < -0.4 is 0 Å². The van der Waals surface area contributed by atoms with Crippen LogP contribution in [0, 0.1) is 10.8 Å². The van der Waals surface area contributed by atoms with Gasteiger partial charge in [-0.25, -0.2) is 0 Å². The molecular formula is C19H28N4O. The molecule has 0 bridgehead atoms. The SMILES string of the molecule is CN1CC23CCCCC2(C1)CN(C(=O)c1cc(C2(C)CC2)[nH]n1)C3. The first-order valence-electron chi connectivity index (χ1n) is 9.49. The lowest BCUT2D eigenvalue weighted by Gasteiger charge is -2.42. The Morgan fingerprint density at radius 2 is 1.71 bits per heavy atom. The number of hydrogen-bond donors (Lipinski definition) is 1. The molecule has 1 aromatic heterocycles. The first kappa shape index (κ1) is 14.9. The monoisotopic (exact) mass is 328 g/mol. The Morgan fingerprint density at radius 1 is 1.08 bits per heavy atom. The summed E-state index contributed by atoms with van der Waals surface area (Å²) in [4.78, 5) is 17.7. The second kappa shape index (κ2) is 4.63. The molecule has 5 rings (SSSR count). The van der Waals surface area contributed by atoms with Crippen molar-refractivity contribution >= 4 is 5.91 Å². The minimum absolute atomic E-state index is 0.138. The third-order valence-electron chi connectivity index (χ3n) is 7.55. The van der Waals surface area contributed by atoms with Crippen LogP contribution in [0.1, 0.15) is 61.6 Å². The Bertz CT molecular complexity index is 669. The van der Waals surface area contributed by atoms with Gasteiger partial charge in [-0.3, -0.25) is 9.89 Å². The van der Waals surface area contributed by atoms with Crippen LogP contribution in [0.5, 0.6) is 0 Å². The normalized spacial score (nSPS) is 37.3. The first-order valence-corrected chi connectivity index (χ1v) is 9.49. The summed E-state index contributed by atoms with van der Waals surface area (Å²) >= 11 is 0. The molecule has 130 valence electrons. The number of amides is 1. The predicted octanol–water partition coefficient (Wildman–Crippen LogP) is 2.41. The number of H-pyrrole nitrogens is 1. The van der Waals surface area contributed by atoms with Crippen molar-refractivity contribution in [2.45, 2.75) is 50.9 Å². The smallest absolute Gasteiger partial charge is 0.274 e. The molecule has 0 radical (unpaired) electrons. The highest BCUT2D eigenvalue weighted by Gasteiger charge is 2.63. The number of hydrogen-bond acceptors (Lipinski definition) is 3. The highest BCUT2D eigenvalue weighted by molar-refractivity contribution is 5.92. The fraction of sp³-hybridized carbons (Fsp3) is 0.789. The van der Waals surface area contributed by atoms with Crippen molar-refractivity contribution in [2.24, 2.45) is 10.8 Å². The van der Waals surface area contributed by atoms with Crippen LogP contribution in [-0.4, -0.2) is 59.1 Å². The molecule has 5 heteroatoms. The number of nitrogens with zero attached hydrogens (tertiary/aromatic N) is 3. The summed E-state index contributed by atoms with van der Waals surface area (Å²) in [5, 5.41) is 7.49. The Kier molecular flexibility index (Phi) is 2.88. The summed E-state index contributed by atoms with van der Waals surface area (Å²) in [5.74, 6) is 0.138. The van der Waals surface area contributed by atoms with E-state index >= 15 is 0 Å². The van der Waals surface area contributed by atoms with Crippen molar-refractivity contribution < 1.29 is 4.79 Å². The molecule has 3 heterocycles. The van der Waals surface area contributed by atoms with Crippen LogP contribution in [0.3, 0.4) is 0 Å². The third-order valence-corrected chi connectivity index (χ3v) is 7.55. The summed E-state index contributed by atoms with van der Waals surface area (Å²) in [6.07, 6.45) is 7.61. The highest BCUT2D eigenvalue weighted by atomic mass is 16.2. The standard InChI is InChI=1S/C19H28N4O/c1-17(7-8-17)15-9-14(20-21-15)16(24)23-12-18-5-3-4-6-19(18,13-23)11-22(2)10-18/h9H,3-8,10-13H2,1-2H3,(H,20,21). The largest absolute Gasteiger partial charge is 0.336 e. The van der Waals surface area contributed by atoms with Gasteiger partial charge >= 0.3 is 0 Å². The van der Waals surface area contributed by atoms with Gasteiger partial charge in [0.25, 0.3) is 5.91 Å². The Hall–Kier alpha value is -1.36. The number of carbonyl (C=O) groups excluding carboxylic acids is 1. The number of aromatic nitrogens is 2. The fourth-order valence-electron chi connectivity index (χ4n) is 5.92. The van der Waals surface area contributed by atoms with E-state index in [1.165, 1.54) is 38.5 Å². The van der Waals surface area contributed by atoms with Gasteiger partial charge in [-0.1, -0.05) is 19.8 Å². The number of aromatic amines is 1. The molecule has 0 spiro atoms. The maximum Gasteiger partial charge on any atom is 0.274 e. The molecule has 2 aliphatic heterocycles. The minimum Gasteiger partial charge on any atom is -0.336 e. The van der Waals surface area contributed by atoms with E-state index < -0.39 is 0 Å². The van der Waals surface area contributed by atoms with Crippen LogP contribution in [0.15, 0.2) is 6.07 Å². The Morgan fingerprint density at radius 3 is 2.29 bits per heavy atom. The fourth-order valence-corrected chi connectivity index (χ4v) is 5.92. The van der Waals surface area contributed by atoms with Crippen molar-refractivity contribution in [3.63, 3.8) is 0 Å². The van der Waals surface area contributed by atoms with Gasteiger partial charge in [-0.15, -0.1) is 0 Å². The zero-order valence-corrected chi connectivity index (χ0v) is 14.9. The lowest BCUT2D eigenvalue weighted by molar-refractivity contribution is 0.0752. The zero-order chi connectivity index (χ0) is 16.6. The molecule has 2 aliphatic carbocycles. The minimum atomic E-state index is 0.138. The average Bonchev–Trinajstić information content (AvgIpc) is 2.94. The first-order chi connectivity index (χ1) is 11.5. The zero-order valence-electron chi connectivity index (χ0n) is 14.9. The van der Waals surface area contributed by atoms with Gasteiger partial charge in [0, 0.05) is 48.1 Å².